The van der Waals surface area contributed by atoms with Crippen LogP contribution in [0.3, 0.4) is 0 Å². The summed E-state index contributed by atoms with van der Waals surface area (Å²) in [5.41, 5.74) is 0. The molecule has 0 rings (SSSR count). The first-order valence-corrected chi connectivity index (χ1v) is 6.60. The molecule has 0 unspecified atom stereocenters. The van der Waals surface area contributed by atoms with E-state index in [4.69, 9.17) is 14.6 Å². The van der Waals surface area contributed by atoms with E-state index in [-0.39, 0.29) is 26.4 Å². The molecule has 0 spiro atoms. The second-order valence-corrected chi connectivity index (χ2v) is 3.83. The van der Waals surface area contributed by atoms with Crippen molar-refractivity contribution in [2.75, 3.05) is 26.4 Å². The van der Waals surface area contributed by atoms with Gasteiger partial charge in [0.25, 0.3) is 0 Å². The third-order valence-electron chi connectivity index (χ3n) is 2.39. The topological polar surface area (TPSA) is 76.1 Å². The highest BCUT2D eigenvalue weighted by Gasteiger charge is 2.21. The standard InChI is InChI=1S/C14H23NO5/c1-4-10-15(14(18)20-6-3)12(9-11-16)7-8-13(17)19-5-2/h4,7-8,12,16H,1,5-6,9-11H2,2-3H3/b8-7+/t12-/m1/s1. The van der Waals surface area contributed by atoms with Crippen molar-refractivity contribution in [1.29, 1.82) is 0 Å². The number of rotatable bonds is 9. The molecule has 0 fully saturated rings. The molecule has 0 aromatic carbocycles. The first-order valence-electron chi connectivity index (χ1n) is 6.60. The average molecular weight is 285 g/mol. The van der Waals surface area contributed by atoms with Crippen molar-refractivity contribution in [3.63, 3.8) is 0 Å². The molecule has 0 bridgehead atoms. The lowest BCUT2D eigenvalue weighted by atomic mass is 10.1. The van der Waals surface area contributed by atoms with Gasteiger partial charge in [0, 0.05) is 19.2 Å². The first kappa shape index (κ1) is 18.2. The average Bonchev–Trinajstić information content (AvgIpc) is 2.41. The van der Waals surface area contributed by atoms with Gasteiger partial charge in [-0.05, 0) is 20.3 Å². The Morgan fingerprint density at radius 2 is 1.95 bits per heavy atom. The molecule has 1 atom stereocenters. The van der Waals surface area contributed by atoms with Gasteiger partial charge in [-0.25, -0.2) is 9.59 Å². The van der Waals surface area contributed by atoms with Crippen molar-refractivity contribution in [3.05, 3.63) is 24.8 Å². The lowest BCUT2D eigenvalue weighted by Crippen LogP contribution is -2.40. The van der Waals surface area contributed by atoms with Crippen LogP contribution < -0.4 is 0 Å². The summed E-state index contributed by atoms with van der Waals surface area (Å²) < 4.78 is 9.72. The summed E-state index contributed by atoms with van der Waals surface area (Å²) >= 11 is 0. The number of nitrogens with zero attached hydrogens (tertiary/aromatic N) is 1. The smallest absolute Gasteiger partial charge is 0.410 e. The lowest BCUT2D eigenvalue weighted by molar-refractivity contribution is -0.137. The summed E-state index contributed by atoms with van der Waals surface area (Å²) in [6.07, 6.45) is 4.11. The highest BCUT2D eigenvalue weighted by atomic mass is 16.6. The monoisotopic (exact) mass is 285 g/mol. The van der Waals surface area contributed by atoms with Crippen molar-refractivity contribution in [1.82, 2.24) is 4.90 Å². The van der Waals surface area contributed by atoms with Crippen LogP contribution >= 0.6 is 0 Å². The van der Waals surface area contributed by atoms with Crippen LogP contribution in [0.25, 0.3) is 0 Å². The Morgan fingerprint density at radius 1 is 1.30 bits per heavy atom. The van der Waals surface area contributed by atoms with Crippen LogP contribution in [0.1, 0.15) is 20.3 Å². The Balaban J connectivity index is 4.91. The quantitative estimate of drug-likeness (QED) is 0.395. The van der Waals surface area contributed by atoms with E-state index in [9.17, 15) is 9.59 Å². The first-order chi connectivity index (χ1) is 9.60. The number of carbonyl (C=O) groups is 2. The van der Waals surface area contributed by atoms with Crippen molar-refractivity contribution >= 4 is 12.1 Å². The molecule has 20 heavy (non-hydrogen) atoms. The van der Waals surface area contributed by atoms with Gasteiger partial charge in [-0.15, -0.1) is 6.58 Å². The Kier molecular flexibility index (Phi) is 10.0. The van der Waals surface area contributed by atoms with Crippen LogP contribution in [0, 0.1) is 0 Å². The van der Waals surface area contributed by atoms with Crippen LogP contribution in [-0.2, 0) is 14.3 Å². The van der Waals surface area contributed by atoms with Gasteiger partial charge in [0.15, 0.2) is 0 Å². The molecule has 0 aliphatic rings. The maximum absolute atomic E-state index is 11.8. The molecule has 1 N–H and O–H groups in total. The summed E-state index contributed by atoms with van der Waals surface area (Å²) in [5.74, 6) is -0.488. The molecule has 0 aliphatic heterocycles. The molecule has 0 aromatic heterocycles. The van der Waals surface area contributed by atoms with Gasteiger partial charge in [-0.3, -0.25) is 4.90 Å². The zero-order chi connectivity index (χ0) is 15.4. The van der Waals surface area contributed by atoms with Gasteiger partial charge in [-0.2, -0.15) is 0 Å². The van der Waals surface area contributed by atoms with E-state index in [1.54, 1.807) is 19.9 Å². The van der Waals surface area contributed by atoms with Crippen LogP contribution in [0.5, 0.6) is 0 Å². The van der Waals surface area contributed by atoms with E-state index < -0.39 is 18.1 Å². The van der Waals surface area contributed by atoms with Crippen molar-refractivity contribution < 1.29 is 24.2 Å². The number of hydrogen-bond acceptors (Lipinski definition) is 5. The van der Waals surface area contributed by atoms with E-state index >= 15 is 0 Å². The number of amides is 1. The van der Waals surface area contributed by atoms with Crippen molar-refractivity contribution in [3.8, 4) is 0 Å². The van der Waals surface area contributed by atoms with Gasteiger partial charge < -0.3 is 14.6 Å². The molecule has 114 valence electrons. The predicted octanol–water partition coefficient (Wildman–Crippen LogP) is 1.50. The maximum atomic E-state index is 11.8. The summed E-state index contributed by atoms with van der Waals surface area (Å²) in [7, 11) is 0. The fourth-order valence-electron chi connectivity index (χ4n) is 1.56. The van der Waals surface area contributed by atoms with E-state index in [2.05, 4.69) is 6.58 Å². The molecule has 0 saturated heterocycles. The van der Waals surface area contributed by atoms with Crippen LogP contribution in [0.4, 0.5) is 4.79 Å². The minimum Gasteiger partial charge on any atom is -0.463 e. The van der Waals surface area contributed by atoms with Gasteiger partial charge in [0.05, 0.1) is 19.3 Å². The van der Waals surface area contributed by atoms with E-state index in [0.717, 1.165) is 0 Å². The van der Waals surface area contributed by atoms with E-state index in [0.29, 0.717) is 6.42 Å². The number of hydrogen-bond donors (Lipinski definition) is 1. The highest BCUT2D eigenvalue weighted by molar-refractivity contribution is 5.82. The molecule has 0 saturated carbocycles. The third kappa shape index (κ3) is 6.94. The molecule has 1 amide bonds. The summed E-state index contributed by atoms with van der Waals surface area (Å²) in [5, 5.41) is 9.08. The minimum absolute atomic E-state index is 0.120. The number of esters is 1. The summed E-state index contributed by atoms with van der Waals surface area (Å²) in [4.78, 5) is 24.5. The second kappa shape index (κ2) is 11.0. The fourth-order valence-corrected chi connectivity index (χ4v) is 1.56. The number of aliphatic hydroxyl groups excluding tert-OH is 1. The van der Waals surface area contributed by atoms with Crippen LogP contribution in [-0.4, -0.2) is 54.5 Å². The van der Waals surface area contributed by atoms with Gasteiger partial charge in [0.2, 0.25) is 0 Å². The Hall–Kier alpha value is -1.82. The predicted molar refractivity (Wildman–Crippen MR) is 75.2 cm³/mol. The van der Waals surface area contributed by atoms with Gasteiger partial charge >= 0.3 is 12.1 Å². The van der Waals surface area contributed by atoms with E-state index in [1.165, 1.54) is 17.1 Å². The number of ether oxygens (including phenoxy) is 2. The Labute approximate surface area is 119 Å². The third-order valence-corrected chi connectivity index (χ3v) is 2.39. The number of aliphatic hydroxyl groups is 1. The molecule has 0 radical (unpaired) electrons. The largest absolute Gasteiger partial charge is 0.463 e. The Morgan fingerprint density at radius 3 is 2.45 bits per heavy atom. The lowest BCUT2D eigenvalue weighted by Gasteiger charge is -2.27. The Bertz CT molecular complexity index is 340. The highest BCUT2D eigenvalue weighted by Crippen LogP contribution is 2.09. The molecule has 0 heterocycles. The van der Waals surface area contributed by atoms with E-state index in [1.807, 2.05) is 0 Å². The molecule has 6 nitrogen and oxygen atoms in total. The molecule has 6 heteroatoms. The molecule has 0 aromatic rings. The zero-order valence-corrected chi connectivity index (χ0v) is 12.1. The fraction of sp³-hybridized carbons (Fsp3) is 0.571. The van der Waals surface area contributed by atoms with Crippen molar-refractivity contribution in [2.24, 2.45) is 0 Å². The minimum atomic E-state index is -0.514. The van der Waals surface area contributed by atoms with Crippen LogP contribution in [0.15, 0.2) is 24.8 Å². The SMILES string of the molecule is C=CCN(C(=O)OCC)[C@H](/C=C/C(=O)OCC)CCO. The van der Waals surface area contributed by atoms with Gasteiger partial charge in [-0.1, -0.05) is 12.2 Å². The second-order valence-electron chi connectivity index (χ2n) is 3.83. The molecule has 0 aliphatic carbocycles. The van der Waals surface area contributed by atoms with Gasteiger partial charge in [0.1, 0.15) is 0 Å². The zero-order valence-electron chi connectivity index (χ0n) is 12.1. The normalized spacial score (nSPS) is 11.9. The molecular formula is C14H23NO5. The molecular weight excluding hydrogens is 262 g/mol. The van der Waals surface area contributed by atoms with Crippen LogP contribution in [0.2, 0.25) is 0 Å². The summed E-state index contributed by atoms with van der Waals surface area (Å²) in [6.45, 7) is 7.67. The van der Waals surface area contributed by atoms with Crippen molar-refractivity contribution in [2.45, 2.75) is 26.3 Å². The summed E-state index contributed by atoms with van der Waals surface area (Å²) in [6, 6.07) is -0.457. The number of carbonyl (C=O) groups excluding carboxylic acids is 2. The maximum Gasteiger partial charge on any atom is 0.410 e.